The van der Waals surface area contributed by atoms with Crippen LogP contribution in [0.3, 0.4) is 0 Å². The van der Waals surface area contributed by atoms with Crippen LogP contribution >= 0.6 is 0 Å². The van der Waals surface area contributed by atoms with E-state index >= 15 is 0 Å². The number of carbonyl (C=O) groups is 1. The van der Waals surface area contributed by atoms with E-state index in [0.717, 1.165) is 12.0 Å². The fourth-order valence-electron chi connectivity index (χ4n) is 1.10. The summed E-state index contributed by atoms with van der Waals surface area (Å²) in [6.07, 6.45) is 5.07. The molecule has 0 unspecified atom stereocenters. The number of carbonyl (C=O) groups excluding carboxylic acids is 1. The van der Waals surface area contributed by atoms with Crippen molar-refractivity contribution >= 4 is 12.0 Å². The van der Waals surface area contributed by atoms with Gasteiger partial charge >= 0.3 is 5.97 Å². The van der Waals surface area contributed by atoms with Gasteiger partial charge in [-0.3, -0.25) is 4.79 Å². The average molecular weight is 190 g/mol. The first kappa shape index (κ1) is 10.5. The van der Waals surface area contributed by atoms with Gasteiger partial charge in [-0.15, -0.1) is 0 Å². The second-order valence-electron chi connectivity index (χ2n) is 2.98. The molecule has 0 atom stereocenters. The van der Waals surface area contributed by atoms with Crippen LogP contribution < -0.4 is 4.74 Å². The average Bonchev–Trinajstić information content (AvgIpc) is 2.14. The molecule has 0 aromatic heterocycles. The molecule has 0 saturated heterocycles. The van der Waals surface area contributed by atoms with Gasteiger partial charge in [0.25, 0.3) is 0 Å². The van der Waals surface area contributed by atoms with Crippen LogP contribution in [0.1, 0.15) is 25.8 Å². The lowest BCUT2D eigenvalue weighted by Crippen LogP contribution is -2.00. The highest BCUT2D eigenvalue weighted by molar-refractivity contribution is 5.69. The zero-order valence-electron chi connectivity index (χ0n) is 8.49. The number of hydrogen-bond donors (Lipinski definition) is 0. The third kappa shape index (κ3) is 3.44. The fourth-order valence-corrected chi connectivity index (χ4v) is 1.10. The minimum atomic E-state index is -0.290. The van der Waals surface area contributed by atoms with Gasteiger partial charge in [0.2, 0.25) is 0 Å². The minimum absolute atomic E-state index is 0.290. The van der Waals surface area contributed by atoms with E-state index in [1.54, 1.807) is 6.07 Å². The van der Waals surface area contributed by atoms with E-state index in [0.29, 0.717) is 5.75 Å². The van der Waals surface area contributed by atoms with Gasteiger partial charge in [0.15, 0.2) is 0 Å². The third-order valence-electron chi connectivity index (χ3n) is 1.67. The van der Waals surface area contributed by atoms with Crippen LogP contribution in [0.2, 0.25) is 0 Å². The Hall–Kier alpha value is -1.57. The molecule has 0 aliphatic carbocycles. The first-order valence-corrected chi connectivity index (χ1v) is 4.67. The number of esters is 1. The highest BCUT2D eigenvalue weighted by Crippen LogP contribution is 2.14. The van der Waals surface area contributed by atoms with Crippen LogP contribution in [-0.2, 0) is 4.79 Å². The third-order valence-corrected chi connectivity index (χ3v) is 1.67. The normalized spacial score (nSPS) is 10.4. The van der Waals surface area contributed by atoms with E-state index in [9.17, 15) is 4.79 Å². The van der Waals surface area contributed by atoms with E-state index in [-0.39, 0.29) is 5.97 Å². The van der Waals surface area contributed by atoms with Gasteiger partial charge in [0.1, 0.15) is 5.75 Å². The quantitative estimate of drug-likeness (QED) is 0.541. The molecule has 0 bridgehead atoms. The van der Waals surface area contributed by atoms with Crippen molar-refractivity contribution in [1.82, 2.24) is 0 Å². The van der Waals surface area contributed by atoms with E-state index in [2.05, 4.69) is 13.0 Å². The van der Waals surface area contributed by atoms with E-state index in [1.807, 2.05) is 24.3 Å². The molecule has 2 heteroatoms. The van der Waals surface area contributed by atoms with Crippen LogP contribution in [0.25, 0.3) is 6.08 Å². The molecule has 0 heterocycles. The molecule has 1 aromatic rings. The minimum Gasteiger partial charge on any atom is -0.427 e. The van der Waals surface area contributed by atoms with Gasteiger partial charge in [0.05, 0.1) is 0 Å². The van der Waals surface area contributed by atoms with Gasteiger partial charge in [-0.1, -0.05) is 31.2 Å². The van der Waals surface area contributed by atoms with Crippen molar-refractivity contribution < 1.29 is 9.53 Å². The van der Waals surface area contributed by atoms with Crippen LogP contribution in [0.4, 0.5) is 0 Å². The molecule has 1 rings (SSSR count). The summed E-state index contributed by atoms with van der Waals surface area (Å²) < 4.78 is 4.96. The monoisotopic (exact) mass is 190 g/mol. The zero-order valence-corrected chi connectivity index (χ0v) is 8.49. The molecule has 74 valence electrons. The Morgan fingerprint density at radius 3 is 2.93 bits per heavy atom. The van der Waals surface area contributed by atoms with Crippen LogP contribution in [0.5, 0.6) is 5.75 Å². The SMILES string of the molecule is CC/C=C/c1cccc(OC(C)=O)c1. The van der Waals surface area contributed by atoms with Crippen molar-refractivity contribution in [2.75, 3.05) is 0 Å². The zero-order chi connectivity index (χ0) is 10.4. The largest absolute Gasteiger partial charge is 0.427 e. The summed E-state index contributed by atoms with van der Waals surface area (Å²) in [6, 6.07) is 7.45. The van der Waals surface area contributed by atoms with Crippen molar-refractivity contribution in [3.05, 3.63) is 35.9 Å². The lowest BCUT2D eigenvalue weighted by Gasteiger charge is -2.01. The van der Waals surface area contributed by atoms with Crippen LogP contribution in [0, 0.1) is 0 Å². The van der Waals surface area contributed by atoms with Crippen molar-refractivity contribution in [3.63, 3.8) is 0 Å². The molecule has 0 spiro atoms. The Labute approximate surface area is 84.2 Å². The number of hydrogen-bond acceptors (Lipinski definition) is 2. The number of ether oxygens (including phenoxy) is 1. The molecule has 2 nitrogen and oxygen atoms in total. The molecule has 0 amide bonds. The van der Waals surface area contributed by atoms with Gasteiger partial charge < -0.3 is 4.74 Å². The Kier molecular flexibility index (Phi) is 3.92. The Morgan fingerprint density at radius 2 is 2.29 bits per heavy atom. The van der Waals surface area contributed by atoms with Crippen LogP contribution in [-0.4, -0.2) is 5.97 Å². The second kappa shape index (κ2) is 5.22. The topological polar surface area (TPSA) is 26.3 Å². The number of rotatable bonds is 3. The molecular weight excluding hydrogens is 176 g/mol. The fraction of sp³-hybridized carbons (Fsp3) is 0.250. The summed E-state index contributed by atoms with van der Waals surface area (Å²) in [4.78, 5) is 10.7. The molecule has 0 saturated carbocycles. The molecule has 0 aliphatic heterocycles. The van der Waals surface area contributed by atoms with Crippen molar-refractivity contribution in [2.24, 2.45) is 0 Å². The molecule has 14 heavy (non-hydrogen) atoms. The smallest absolute Gasteiger partial charge is 0.308 e. The Bertz CT molecular complexity index is 340. The molecule has 1 aromatic carbocycles. The maximum absolute atomic E-state index is 10.7. The Balaban J connectivity index is 2.78. The molecule has 0 N–H and O–H groups in total. The lowest BCUT2D eigenvalue weighted by atomic mass is 10.2. The predicted octanol–water partition coefficient (Wildman–Crippen LogP) is 3.04. The summed E-state index contributed by atoms with van der Waals surface area (Å²) in [6.45, 7) is 3.47. The maximum atomic E-state index is 10.7. The number of benzene rings is 1. The summed E-state index contributed by atoms with van der Waals surface area (Å²) in [5, 5.41) is 0. The van der Waals surface area contributed by atoms with Crippen molar-refractivity contribution in [1.29, 1.82) is 0 Å². The summed E-state index contributed by atoms with van der Waals surface area (Å²) >= 11 is 0. The Morgan fingerprint density at radius 1 is 1.50 bits per heavy atom. The standard InChI is InChI=1S/C12H14O2/c1-3-4-6-11-7-5-8-12(9-11)14-10(2)13/h4-9H,3H2,1-2H3/b6-4+. The molecule has 0 aliphatic rings. The molecular formula is C12H14O2. The predicted molar refractivity (Wildman–Crippen MR) is 57.1 cm³/mol. The molecule has 0 fully saturated rings. The first-order chi connectivity index (χ1) is 6.72. The maximum Gasteiger partial charge on any atom is 0.308 e. The second-order valence-corrected chi connectivity index (χ2v) is 2.98. The summed E-state index contributed by atoms with van der Waals surface area (Å²) in [7, 11) is 0. The summed E-state index contributed by atoms with van der Waals surface area (Å²) in [5.74, 6) is 0.303. The van der Waals surface area contributed by atoms with E-state index in [4.69, 9.17) is 4.74 Å². The molecule has 0 radical (unpaired) electrons. The van der Waals surface area contributed by atoms with Gasteiger partial charge in [-0.25, -0.2) is 0 Å². The highest BCUT2D eigenvalue weighted by Gasteiger charge is 1.97. The number of allylic oxidation sites excluding steroid dienone is 1. The van der Waals surface area contributed by atoms with E-state index in [1.165, 1.54) is 6.92 Å². The van der Waals surface area contributed by atoms with E-state index < -0.39 is 0 Å². The van der Waals surface area contributed by atoms with Gasteiger partial charge in [0, 0.05) is 6.92 Å². The van der Waals surface area contributed by atoms with Crippen molar-refractivity contribution in [2.45, 2.75) is 20.3 Å². The van der Waals surface area contributed by atoms with Gasteiger partial charge in [-0.2, -0.15) is 0 Å². The first-order valence-electron chi connectivity index (χ1n) is 4.67. The van der Waals surface area contributed by atoms with Crippen LogP contribution in [0.15, 0.2) is 30.3 Å². The highest BCUT2D eigenvalue weighted by atomic mass is 16.5. The summed E-state index contributed by atoms with van der Waals surface area (Å²) in [5.41, 5.74) is 1.05. The van der Waals surface area contributed by atoms with Gasteiger partial charge in [-0.05, 0) is 24.1 Å². The lowest BCUT2D eigenvalue weighted by molar-refractivity contribution is -0.131. The van der Waals surface area contributed by atoms with Crippen molar-refractivity contribution in [3.8, 4) is 5.75 Å².